The van der Waals surface area contributed by atoms with Gasteiger partial charge in [0, 0.05) is 18.2 Å². The average Bonchev–Trinajstić information content (AvgIpc) is 3.23. The van der Waals surface area contributed by atoms with Crippen LogP contribution >= 0.6 is 0 Å². The van der Waals surface area contributed by atoms with Gasteiger partial charge in [0.25, 0.3) is 0 Å². The van der Waals surface area contributed by atoms with Crippen LogP contribution in [0, 0.1) is 0 Å². The number of rotatable bonds is 4. The van der Waals surface area contributed by atoms with E-state index >= 15 is 0 Å². The molecule has 1 aliphatic heterocycles. The summed E-state index contributed by atoms with van der Waals surface area (Å²) in [4.78, 5) is 26.6. The molecular formula is C20H24N2O4. The molecule has 2 heterocycles. The summed E-state index contributed by atoms with van der Waals surface area (Å²) in [6.45, 7) is 5.99. The van der Waals surface area contributed by atoms with E-state index in [1.165, 1.54) is 4.90 Å². The van der Waals surface area contributed by atoms with Crippen molar-refractivity contribution >= 4 is 11.9 Å². The lowest BCUT2D eigenvalue weighted by atomic mass is 10.1. The van der Waals surface area contributed by atoms with E-state index in [-0.39, 0.29) is 12.2 Å². The van der Waals surface area contributed by atoms with Gasteiger partial charge in [-0.3, -0.25) is 9.69 Å². The minimum absolute atomic E-state index is 0.0517. The summed E-state index contributed by atoms with van der Waals surface area (Å²) in [5, 5.41) is 4.04. The van der Waals surface area contributed by atoms with Crippen LogP contribution in [0.25, 0.3) is 11.3 Å². The quantitative estimate of drug-likeness (QED) is 0.832. The highest BCUT2D eigenvalue weighted by Gasteiger charge is 2.36. The fraction of sp³-hybridized carbons (Fsp3) is 0.450. The van der Waals surface area contributed by atoms with Gasteiger partial charge in [-0.05, 0) is 33.6 Å². The van der Waals surface area contributed by atoms with Crippen molar-refractivity contribution in [3.63, 3.8) is 0 Å². The third-order valence-corrected chi connectivity index (χ3v) is 4.23. The Balaban J connectivity index is 1.66. The van der Waals surface area contributed by atoms with E-state index in [0.717, 1.165) is 12.0 Å². The highest BCUT2D eigenvalue weighted by molar-refractivity contribution is 5.89. The van der Waals surface area contributed by atoms with Gasteiger partial charge in [0.2, 0.25) is 0 Å². The molecule has 0 saturated carbocycles. The monoisotopic (exact) mass is 356 g/mol. The van der Waals surface area contributed by atoms with E-state index in [1.54, 1.807) is 6.07 Å². The topological polar surface area (TPSA) is 72.6 Å². The van der Waals surface area contributed by atoms with Gasteiger partial charge in [0.15, 0.2) is 5.78 Å². The SMILES string of the molecule is CC(C)(C)OC(=O)N1CCC[C@H]1C(=O)Cc1cc(-c2ccccc2)no1. The molecular weight excluding hydrogens is 332 g/mol. The molecule has 0 N–H and O–H groups in total. The number of benzene rings is 1. The molecule has 3 rings (SSSR count). The maximum Gasteiger partial charge on any atom is 0.410 e. The lowest BCUT2D eigenvalue weighted by Crippen LogP contribution is -2.43. The number of ketones is 1. The van der Waals surface area contributed by atoms with Crippen molar-refractivity contribution in [2.24, 2.45) is 0 Å². The first-order chi connectivity index (χ1) is 12.3. The number of hydrogen-bond acceptors (Lipinski definition) is 5. The summed E-state index contributed by atoms with van der Waals surface area (Å²) in [5.41, 5.74) is 1.05. The van der Waals surface area contributed by atoms with Gasteiger partial charge in [0.1, 0.15) is 17.1 Å². The van der Waals surface area contributed by atoms with Crippen LogP contribution < -0.4 is 0 Å². The first-order valence-electron chi connectivity index (χ1n) is 8.87. The van der Waals surface area contributed by atoms with Crippen molar-refractivity contribution in [3.8, 4) is 11.3 Å². The fourth-order valence-electron chi connectivity index (χ4n) is 3.07. The van der Waals surface area contributed by atoms with Gasteiger partial charge in [-0.15, -0.1) is 0 Å². The Morgan fingerprint density at radius 3 is 2.69 bits per heavy atom. The second-order valence-electron chi connectivity index (χ2n) is 7.52. The zero-order chi connectivity index (χ0) is 18.7. The van der Waals surface area contributed by atoms with Crippen molar-refractivity contribution in [3.05, 3.63) is 42.2 Å². The lowest BCUT2D eigenvalue weighted by molar-refractivity contribution is -0.123. The molecule has 1 atom stereocenters. The number of likely N-dealkylation sites (tertiary alicyclic amines) is 1. The van der Waals surface area contributed by atoms with Crippen molar-refractivity contribution < 1.29 is 18.8 Å². The molecule has 1 aliphatic rings. The van der Waals surface area contributed by atoms with Crippen LogP contribution in [0.2, 0.25) is 0 Å². The van der Waals surface area contributed by atoms with Crippen molar-refractivity contribution in [1.29, 1.82) is 0 Å². The molecule has 0 unspecified atom stereocenters. The van der Waals surface area contributed by atoms with Crippen LogP contribution in [0.4, 0.5) is 4.79 Å². The molecule has 1 aromatic heterocycles. The van der Waals surface area contributed by atoms with Gasteiger partial charge in [-0.2, -0.15) is 0 Å². The van der Waals surface area contributed by atoms with Crippen LogP contribution in [0.1, 0.15) is 39.4 Å². The summed E-state index contributed by atoms with van der Waals surface area (Å²) in [6, 6.07) is 11.0. The molecule has 138 valence electrons. The molecule has 1 saturated heterocycles. The molecule has 6 nitrogen and oxygen atoms in total. The van der Waals surface area contributed by atoms with Crippen LogP contribution in [0.5, 0.6) is 0 Å². The maximum absolute atomic E-state index is 12.7. The molecule has 1 aromatic carbocycles. The highest BCUT2D eigenvalue weighted by Crippen LogP contribution is 2.24. The predicted octanol–water partition coefficient (Wildman–Crippen LogP) is 3.85. The number of Topliss-reactive ketones (excluding diaryl/α,β-unsaturated/α-hetero) is 1. The van der Waals surface area contributed by atoms with Gasteiger partial charge < -0.3 is 9.26 Å². The normalized spacial score (nSPS) is 17.3. The second-order valence-corrected chi connectivity index (χ2v) is 7.52. The summed E-state index contributed by atoms with van der Waals surface area (Å²) in [7, 11) is 0. The zero-order valence-electron chi connectivity index (χ0n) is 15.4. The molecule has 6 heteroatoms. The van der Waals surface area contributed by atoms with E-state index in [9.17, 15) is 9.59 Å². The Bertz CT molecular complexity index is 777. The van der Waals surface area contributed by atoms with Gasteiger partial charge in [-0.25, -0.2) is 4.79 Å². The number of nitrogens with zero attached hydrogens (tertiary/aromatic N) is 2. The van der Waals surface area contributed by atoms with E-state index in [1.807, 2.05) is 51.1 Å². The largest absolute Gasteiger partial charge is 0.444 e. The minimum Gasteiger partial charge on any atom is -0.444 e. The Labute approximate surface area is 153 Å². The van der Waals surface area contributed by atoms with Gasteiger partial charge >= 0.3 is 6.09 Å². The Morgan fingerprint density at radius 1 is 1.27 bits per heavy atom. The number of ether oxygens (including phenoxy) is 1. The summed E-state index contributed by atoms with van der Waals surface area (Å²) in [6.07, 6.45) is 1.12. The third kappa shape index (κ3) is 4.31. The molecule has 1 amide bonds. The Morgan fingerprint density at radius 2 is 2.00 bits per heavy atom. The van der Waals surface area contributed by atoms with Crippen molar-refractivity contribution in [2.45, 2.75) is 51.7 Å². The predicted molar refractivity (Wildman–Crippen MR) is 96.6 cm³/mol. The van der Waals surface area contributed by atoms with Crippen LogP contribution in [0.3, 0.4) is 0 Å². The molecule has 1 fully saturated rings. The molecule has 26 heavy (non-hydrogen) atoms. The highest BCUT2D eigenvalue weighted by atomic mass is 16.6. The molecule has 0 aliphatic carbocycles. The van der Waals surface area contributed by atoms with Gasteiger partial charge in [-0.1, -0.05) is 35.5 Å². The molecule has 0 spiro atoms. The number of aromatic nitrogens is 1. The number of carbonyl (C=O) groups excluding carboxylic acids is 2. The zero-order valence-corrected chi connectivity index (χ0v) is 15.4. The van der Waals surface area contributed by atoms with Crippen molar-refractivity contribution in [2.75, 3.05) is 6.54 Å². The first kappa shape index (κ1) is 18.2. The van der Waals surface area contributed by atoms with E-state index in [2.05, 4.69) is 5.16 Å². The Kier molecular flexibility index (Phi) is 5.11. The minimum atomic E-state index is -0.581. The second kappa shape index (κ2) is 7.32. The summed E-state index contributed by atoms with van der Waals surface area (Å²) < 4.78 is 10.7. The van der Waals surface area contributed by atoms with Crippen LogP contribution in [-0.4, -0.2) is 40.1 Å². The number of hydrogen-bond donors (Lipinski definition) is 0. The summed E-state index contributed by atoms with van der Waals surface area (Å²) >= 11 is 0. The van der Waals surface area contributed by atoms with Crippen LogP contribution in [0.15, 0.2) is 40.9 Å². The number of carbonyl (C=O) groups is 2. The third-order valence-electron chi connectivity index (χ3n) is 4.23. The Hall–Kier alpha value is -2.63. The molecule has 0 bridgehead atoms. The van der Waals surface area contributed by atoms with Crippen LogP contribution in [-0.2, 0) is 16.0 Å². The van der Waals surface area contributed by atoms with E-state index < -0.39 is 17.7 Å². The fourth-order valence-corrected chi connectivity index (χ4v) is 3.07. The van der Waals surface area contributed by atoms with E-state index in [4.69, 9.17) is 9.26 Å². The first-order valence-corrected chi connectivity index (χ1v) is 8.87. The average molecular weight is 356 g/mol. The maximum atomic E-state index is 12.7. The standard InChI is InChI=1S/C20H24N2O4/c1-20(2,3)25-19(24)22-11-7-10-17(22)18(23)13-15-12-16(21-26-15)14-8-5-4-6-9-14/h4-6,8-9,12,17H,7,10-11,13H2,1-3H3/t17-/m0/s1. The lowest BCUT2D eigenvalue weighted by Gasteiger charge is -2.27. The molecule has 0 radical (unpaired) electrons. The van der Waals surface area contributed by atoms with Crippen molar-refractivity contribution in [1.82, 2.24) is 10.1 Å². The van der Waals surface area contributed by atoms with Gasteiger partial charge in [0.05, 0.1) is 12.5 Å². The van der Waals surface area contributed by atoms with E-state index in [0.29, 0.717) is 24.4 Å². The summed E-state index contributed by atoms with van der Waals surface area (Å²) in [5.74, 6) is 0.453. The number of amides is 1. The smallest absolute Gasteiger partial charge is 0.410 e. The molecule has 2 aromatic rings.